The van der Waals surface area contributed by atoms with Gasteiger partial charge in [0.15, 0.2) is 0 Å². The lowest BCUT2D eigenvalue weighted by Crippen LogP contribution is -2.09. The maximum atomic E-state index is 10.8. The van der Waals surface area contributed by atoms with E-state index in [4.69, 9.17) is 9.84 Å². The largest absolute Gasteiger partial charge is 0.478 e. The van der Waals surface area contributed by atoms with Crippen molar-refractivity contribution in [1.82, 2.24) is 0 Å². The van der Waals surface area contributed by atoms with Crippen LogP contribution in [0.15, 0.2) is 22.7 Å². The van der Waals surface area contributed by atoms with E-state index in [9.17, 15) is 4.79 Å². The van der Waals surface area contributed by atoms with Gasteiger partial charge < -0.3 is 15.2 Å². The molecule has 0 saturated carbocycles. The molecule has 1 rings (SSSR count). The van der Waals surface area contributed by atoms with Crippen LogP contribution in [-0.4, -0.2) is 30.8 Å². The van der Waals surface area contributed by atoms with Crippen LogP contribution >= 0.6 is 15.9 Å². The quantitative estimate of drug-likeness (QED) is 0.790. The Kier molecular flexibility index (Phi) is 5.28. The van der Waals surface area contributed by atoms with E-state index in [1.54, 1.807) is 18.2 Å². The van der Waals surface area contributed by atoms with Gasteiger partial charge in [-0.25, -0.2) is 4.79 Å². The van der Waals surface area contributed by atoms with Crippen molar-refractivity contribution in [2.45, 2.75) is 6.92 Å². The maximum Gasteiger partial charge on any atom is 0.336 e. The fourth-order valence-corrected chi connectivity index (χ4v) is 1.76. The first-order valence-corrected chi connectivity index (χ1v) is 5.79. The van der Waals surface area contributed by atoms with Crippen molar-refractivity contribution in [3.8, 4) is 0 Å². The second kappa shape index (κ2) is 6.50. The van der Waals surface area contributed by atoms with Gasteiger partial charge >= 0.3 is 5.97 Å². The molecule has 16 heavy (non-hydrogen) atoms. The molecule has 0 amide bonds. The molecule has 0 atom stereocenters. The van der Waals surface area contributed by atoms with Gasteiger partial charge in [0.05, 0.1) is 12.2 Å². The van der Waals surface area contributed by atoms with Crippen molar-refractivity contribution in [2.75, 3.05) is 25.1 Å². The van der Waals surface area contributed by atoms with Crippen LogP contribution in [0.1, 0.15) is 17.3 Å². The number of halogens is 1. The molecule has 0 aliphatic rings. The summed E-state index contributed by atoms with van der Waals surface area (Å²) >= 11 is 3.22. The molecule has 0 aliphatic heterocycles. The van der Waals surface area contributed by atoms with Gasteiger partial charge in [-0.15, -0.1) is 0 Å². The minimum atomic E-state index is -0.937. The van der Waals surface area contributed by atoms with E-state index in [1.807, 2.05) is 6.92 Å². The molecule has 1 aromatic rings. The molecule has 0 heterocycles. The van der Waals surface area contributed by atoms with Crippen LogP contribution in [0, 0.1) is 0 Å². The molecule has 4 nitrogen and oxygen atoms in total. The number of carboxylic acids is 1. The van der Waals surface area contributed by atoms with E-state index < -0.39 is 5.97 Å². The van der Waals surface area contributed by atoms with Crippen molar-refractivity contribution in [3.63, 3.8) is 0 Å². The van der Waals surface area contributed by atoms with Crippen molar-refractivity contribution in [1.29, 1.82) is 0 Å². The zero-order valence-corrected chi connectivity index (χ0v) is 10.6. The Labute approximate surface area is 103 Å². The first-order valence-electron chi connectivity index (χ1n) is 4.99. The summed E-state index contributed by atoms with van der Waals surface area (Å²) in [5.74, 6) is -0.937. The maximum absolute atomic E-state index is 10.8. The first kappa shape index (κ1) is 13.0. The second-order valence-electron chi connectivity index (χ2n) is 3.12. The summed E-state index contributed by atoms with van der Waals surface area (Å²) < 4.78 is 5.75. The predicted molar refractivity (Wildman–Crippen MR) is 66.1 cm³/mol. The molecule has 0 bridgehead atoms. The first-order chi connectivity index (χ1) is 7.65. The fraction of sp³-hybridized carbons (Fsp3) is 0.364. The lowest BCUT2D eigenvalue weighted by Gasteiger charge is -2.07. The van der Waals surface area contributed by atoms with Crippen LogP contribution in [0.4, 0.5) is 5.69 Å². The number of aromatic carboxylic acids is 1. The molecule has 0 fully saturated rings. The van der Waals surface area contributed by atoms with Crippen LogP contribution in [0.2, 0.25) is 0 Å². The van der Waals surface area contributed by atoms with E-state index in [1.165, 1.54) is 0 Å². The summed E-state index contributed by atoms with van der Waals surface area (Å²) in [6.45, 7) is 3.98. The molecule has 88 valence electrons. The van der Waals surface area contributed by atoms with E-state index in [-0.39, 0.29) is 5.56 Å². The summed E-state index contributed by atoms with van der Waals surface area (Å²) in [6, 6.07) is 5.05. The molecule has 0 spiro atoms. The van der Waals surface area contributed by atoms with Crippen molar-refractivity contribution >= 4 is 27.6 Å². The summed E-state index contributed by atoms with van der Waals surface area (Å²) in [7, 11) is 0. The molecule has 5 heteroatoms. The van der Waals surface area contributed by atoms with E-state index in [0.717, 1.165) is 5.69 Å². The number of carbonyl (C=O) groups is 1. The SMILES string of the molecule is CCOCCNc1ccc(C(=O)O)c(Br)c1. The molecule has 0 unspecified atom stereocenters. The van der Waals surface area contributed by atoms with Crippen LogP contribution in [0.25, 0.3) is 0 Å². The van der Waals surface area contributed by atoms with Crippen LogP contribution in [0.5, 0.6) is 0 Å². The smallest absolute Gasteiger partial charge is 0.336 e. The van der Waals surface area contributed by atoms with Crippen molar-refractivity contribution < 1.29 is 14.6 Å². The highest BCUT2D eigenvalue weighted by Gasteiger charge is 2.07. The van der Waals surface area contributed by atoms with Gasteiger partial charge in [-0.05, 0) is 41.1 Å². The Morgan fingerprint density at radius 2 is 2.31 bits per heavy atom. The number of hydrogen-bond acceptors (Lipinski definition) is 3. The van der Waals surface area contributed by atoms with E-state index in [0.29, 0.717) is 24.2 Å². The number of ether oxygens (including phenoxy) is 1. The van der Waals surface area contributed by atoms with Gasteiger partial charge in [-0.3, -0.25) is 0 Å². The summed E-state index contributed by atoms with van der Waals surface area (Å²) in [6.07, 6.45) is 0. The summed E-state index contributed by atoms with van der Waals surface area (Å²) in [4.78, 5) is 10.8. The summed E-state index contributed by atoms with van der Waals surface area (Å²) in [5.41, 5.74) is 1.13. The second-order valence-corrected chi connectivity index (χ2v) is 3.98. The summed E-state index contributed by atoms with van der Waals surface area (Å²) in [5, 5.41) is 12.0. The fourth-order valence-electron chi connectivity index (χ4n) is 1.21. The van der Waals surface area contributed by atoms with Gasteiger partial charge in [-0.1, -0.05) is 0 Å². The Bertz CT molecular complexity index is 368. The molecular weight excluding hydrogens is 274 g/mol. The molecular formula is C11H14BrNO3. The van der Waals surface area contributed by atoms with Crippen LogP contribution in [-0.2, 0) is 4.74 Å². The molecule has 1 aromatic carbocycles. The Balaban J connectivity index is 2.56. The standard InChI is InChI=1S/C11H14BrNO3/c1-2-16-6-5-13-8-3-4-9(11(14)15)10(12)7-8/h3-4,7,13H,2,5-6H2,1H3,(H,14,15). The number of carboxylic acid groups (broad SMARTS) is 1. The van der Waals surface area contributed by atoms with Gasteiger partial charge in [0.25, 0.3) is 0 Å². The van der Waals surface area contributed by atoms with Crippen molar-refractivity contribution in [2.24, 2.45) is 0 Å². The Morgan fingerprint density at radius 1 is 1.56 bits per heavy atom. The topological polar surface area (TPSA) is 58.6 Å². The lowest BCUT2D eigenvalue weighted by atomic mass is 10.2. The van der Waals surface area contributed by atoms with E-state index >= 15 is 0 Å². The Morgan fingerprint density at radius 3 is 2.88 bits per heavy atom. The van der Waals surface area contributed by atoms with Gasteiger partial charge in [-0.2, -0.15) is 0 Å². The zero-order valence-electron chi connectivity index (χ0n) is 9.00. The number of rotatable bonds is 6. The highest BCUT2D eigenvalue weighted by Crippen LogP contribution is 2.21. The minimum absolute atomic E-state index is 0.260. The third-order valence-corrected chi connectivity index (χ3v) is 2.64. The lowest BCUT2D eigenvalue weighted by molar-refractivity contribution is 0.0696. The zero-order chi connectivity index (χ0) is 12.0. The average Bonchev–Trinajstić information content (AvgIpc) is 2.24. The molecule has 0 radical (unpaired) electrons. The Hall–Kier alpha value is -1.07. The van der Waals surface area contributed by atoms with Gasteiger partial charge in [0.1, 0.15) is 0 Å². The molecule has 2 N–H and O–H groups in total. The average molecular weight is 288 g/mol. The van der Waals surface area contributed by atoms with Crippen LogP contribution < -0.4 is 5.32 Å². The number of nitrogens with one attached hydrogen (secondary N) is 1. The monoisotopic (exact) mass is 287 g/mol. The minimum Gasteiger partial charge on any atom is -0.478 e. The highest BCUT2D eigenvalue weighted by atomic mass is 79.9. The molecule has 0 saturated heterocycles. The third-order valence-electron chi connectivity index (χ3n) is 1.98. The van der Waals surface area contributed by atoms with Crippen LogP contribution in [0.3, 0.4) is 0 Å². The number of benzene rings is 1. The third kappa shape index (κ3) is 3.83. The van der Waals surface area contributed by atoms with Crippen molar-refractivity contribution in [3.05, 3.63) is 28.2 Å². The number of hydrogen-bond donors (Lipinski definition) is 2. The predicted octanol–water partition coefficient (Wildman–Crippen LogP) is 2.60. The van der Waals surface area contributed by atoms with E-state index in [2.05, 4.69) is 21.2 Å². The highest BCUT2D eigenvalue weighted by molar-refractivity contribution is 9.10. The van der Waals surface area contributed by atoms with Gasteiger partial charge in [0, 0.05) is 23.3 Å². The van der Waals surface area contributed by atoms with Gasteiger partial charge in [0.2, 0.25) is 0 Å². The molecule has 0 aromatic heterocycles. The number of anilines is 1. The normalized spacial score (nSPS) is 10.1. The molecule has 0 aliphatic carbocycles.